The number of aliphatic hydroxyl groups excluding tert-OH is 1. The van der Waals surface area contributed by atoms with E-state index in [0.29, 0.717) is 17.3 Å². The van der Waals surface area contributed by atoms with E-state index >= 15 is 0 Å². The van der Waals surface area contributed by atoms with Gasteiger partial charge in [-0.2, -0.15) is 0 Å². The lowest BCUT2D eigenvalue weighted by molar-refractivity contribution is -0.115. The standard InChI is InChI=1S/C10H9NO4S/c12-8(11-15)6-16-10(14)9(13)7-4-2-1-3-5-7/h1-5,10,14H,6H2/t10-/m1/s1. The molecular formula is C10H9NO4S. The van der Waals surface area contributed by atoms with Crippen LogP contribution < -0.4 is 0 Å². The third-order valence-electron chi connectivity index (χ3n) is 1.75. The molecule has 6 heteroatoms. The quantitative estimate of drug-likeness (QED) is 0.474. The number of aliphatic hydroxyl groups is 1. The number of hydrogen-bond donors (Lipinski definition) is 1. The van der Waals surface area contributed by atoms with Crippen molar-refractivity contribution >= 4 is 23.5 Å². The molecule has 0 aliphatic carbocycles. The van der Waals surface area contributed by atoms with Crippen LogP contribution in [0.2, 0.25) is 0 Å². The molecule has 84 valence electrons. The van der Waals surface area contributed by atoms with Crippen molar-refractivity contribution in [1.82, 2.24) is 0 Å². The van der Waals surface area contributed by atoms with Crippen LogP contribution in [-0.2, 0) is 4.79 Å². The molecule has 5 nitrogen and oxygen atoms in total. The van der Waals surface area contributed by atoms with Crippen LogP contribution in [0.1, 0.15) is 10.4 Å². The Bertz CT molecular complexity index is 393. The Hall–Kier alpha value is -1.53. The number of thioether (sulfide) groups is 1. The van der Waals surface area contributed by atoms with Gasteiger partial charge in [-0.05, 0) is 0 Å². The van der Waals surface area contributed by atoms with Gasteiger partial charge in [-0.1, -0.05) is 30.3 Å². The van der Waals surface area contributed by atoms with E-state index in [4.69, 9.17) is 0 Å². The molecule has 0 radical (unpaired) electrons. The van der Waals surface area contributed by atoms with E-state index in [2.05, 4.69) is 5.18 Å². The average Bonchev–Trinajstić information content (AvgIpc) is 2.35. The SMILES string of the molecule is O=NC(=O)CS[C@@H](O)C(=O)c1ccccc1. The fourth-order valence-corrected chi connectivity index (χ4v) is 1.64. The minimum absolute atomic E-state index is 0.302. The fourth-order valence-electron chi connectivity index (χ4n) is 0.997. The molecule has 1 aromatic rings. The van der Waals surface area contributed by atoms with Crippen LogP contribution in [0.4, 0.5) is 0 Å². The Labute approximate surface area is 95.8 Å². The highest BCUT2D eigenvalue weighted by molar-refractivity contribution is 8.01. The summed E-state index contributed by atoms with van der Waals surface area (Å²) < 4.78 is 0. The summed E-state index contributed by atoms with van der Waals surface area (Å²) >= 11 is 0.675. The van der Waals surface area contributed by atoms with E-state index in [1.54, 1.807) is 30.3 Å². The molecule has 0 heterocycles. The molecular weight excluding hydrogens is 230 g/mol. The van der Waals surface area contributed by atoms with Crippen LogP contribution in [-0.4, -0.2) is 28.0 Å². The largest absolute Gasteiger partial charge is 0.374 e. The van der Waals surface area contributed by atoms with Gasteiger partial charge >= 0.3 is 0 Å². The first-order valence-corrected chi connectivity index (χ1v) is 5.45. The minimum Gasteiger partial charge on any atom is -0.374 e. The highest BCUT2D eigenvalue weighted by atomic mass is 32.2. The Morgan fingerprint density at radius 1 is 1.31 bits per heavy atom. The summed E-state index contributed by atoms with van der Waals surface area (Å²) in [6.45, 7) is 0. The molecule has 0 aliphatic rings. The molecule has 1 rings (SSSR count). The maximum Gasteiger partial charge on any atom is 0.296 e. The van der Waals surface area contributed by atoms with Gasteiger partial charge in [-0.15, -0.1) is 16.7 Å². The van der Waals surface area contributed by atoms with E-state index in [-0.39, 0.29) is 5.75 Å². The molecule has 0 bridgehead atoms. The Morgan fingerprint density at radius 3 is 2.50 bits per heavy atom. The van der Waals surface area contributed by atoms with Crippen LogP contribution in [0.3, 0.4) is 0 Å². The van der Waals surface area contributed by atoms with Gasteiger partial charge in [0, 0.05) is 10.7 Å². The number of hydrogen-bond acceptors (Lipinski definition) is 5. The third kappa shape index (κ3) is 3.56. The van der Waals surface area contributed by atoms with Crippen molar-refractivity contribution in [2.75, 3.05) is 5.75 Å². The summed E-state index contributed by atoms with van der Waals surface area (Å²) in [6.07, 6.45) is 0. The number of rotatable bonds is 5. The molecule has 0 saturated carbocycles. The topological polar surface area (TPSA) is 83.8 Å². The number of nitroso groups, excluding NO2 is 1. The molecule has 0 saturated heterocycles. The van der Waals surface area contributed by atoms with E-state index in [0.717, 1.165) is 0 Å². The fraction of sp³-hybridized carbons (Fsp3) is 0.200. The Morgan fingerprint density at radius 2 is 1.94 bits per heavy atom. The zero-order chi connectivity index (χ0) is 12.0. The Kier molecular flexibility index (Phi) is 4.81. The first-order valence-electron chi connectivity index (χ1n) is 4.40. The van der Waals surface area contributed by atoms with Crippen molar-refractivity contribution in [3.8, 4) is 0 Å². The maximum absolute atomic E-state index is 11.6. The smallest absolute Gasteiger partial charge is 0.296 e. The first-order chi connectivity index (χ1) is 7.65. The molecule has 1 N–H and O–H groups in total. The van der Waals surface area contributed by atoms with Crippen molar-refractivity contribution in [2.24, 2.45) is 5.18 Å². The monoisotopic (exact) mass is 239 g/mol. The van der Waals surface area contributed by atoms with E-state index < -0.39 is 17.1 Å². The minimum atomic E-state index is -1.35. The number of amides is 1. The van der Waals surface area contributed by atoms with E-state index in [1.165, 1.54) is 0 Å². The van der Waals surface area contributed by atoms with Crippen LogP contribution in [0, 0.1) is 4.91 Å². The summed E-state index contributed by atoms with van der Waals surface area (Å²) in [5.41, 5.74) is -0.998. The van der Waals surface area contributed by atoms with Gasteiger partial charge in [0.25, 0.3) is 5.91 Å². The Balaban J connectivity index is 2.55. The lowest BCUT2D eigenvalue weighted by atomic mass is 10.1. The molecule has 16 heavy (non-hydrogen) atoms. The molecule has 0 aromatic heterocycles. The summed E-state index contributed by atoms with van der Waals surface area (Å²) in [5.74, 6) is -1.70. The molecule has 1 amide bonds. The zero-order valence-corrected chi connectivity index (χ0v) is 9.02. The van der Waals surface area contributed by atoms with E-state index in [9.17, 15) is 19.6 Å². The van der Waals surface area contributed by atoms with Crippen molar-refractivity contribution in [1.29, 1.82) is 0 Å². The van der Waals surface area contributed by atoms with Crippen LogP contribution >= 0.6 is 11.8 Å². The molecule has 0 spiro atoms. The van der Waals surface area contributed by atoms with E-state index in [1.807, 2.05) is 0 Å². The molecule has 0 fully saturated rings. The predicted molar refractivity (Wildman–Crippen MR) is 60.0 cm³/mol. The van der Waals surface area contributed by atoms with Gasteiger partial charge in [-0.3, -0.25) is 9.59 Å². The second-order valence-corrected chi connectivity index (χ2v) is 3.95. The number of benzene rings is 1. The number of Topliss-reactive ketones (excluding diaryl/α,β-unsaturated/α-hetero) is 1. The first kappa shape index (κ1) is 12.5. The number of nitrogens with zero attached hydrogens (tertiary/aromatic N) is 1. The summed E-state index contributed by atoms with van der Waals surface area (Å²) in [6, 6.07) is 8.21. The molecule has 1 aromatic carbocycles. The lowest BCUT2D eigenvalue weighted by Crippen LogP contribution is -2.18. The van der Waals surface area contributed by atoms with Crippen molar-refractivity contribution in [3.63, 3.8) is 0 Å². The van der Waals surface area contributed by atoms with Gasteiger partial charge in [-0.25, -0.2) is 0 Å². The second kappa shape index (κ2) is 6.14. The van der Waals surface area contributed by atoms with Gasteiger partial charge in [0.2, 0.25) is 5.78 Å². The molecule has 0 unspecified atom stereocenters. The van der Waals surface area contributed by atoms with Gasteiger partial charge in [0.05, 0.1) is 5.75 Å². The van der Waals surface area contributed by atoms with Gasteiger partial charge in [0.1, 0.15) is 0 Å². The van der Waals surface area contributed by atoms with Crippen LogP contribution in [0.25, 0.3) is 0 Å². The molecule has 1 atom stereocenters. The summed E-state index contributed by atoms with van der Waals surface area (Å²) in [4.78, 5) is 31.9. The lowest BCUT2D eigenvalue weighted by Gasteiger charge is -2.07. The predicted octanol–water partition coefficient (Wildman–Crippen LogP) is 1.21. The number of ketones is 1. The maximum atomic E-state index is 11.6. The number of carbonyl (C=O) groups excluding carboxylic acids is 2. The zero-order valence-electron chi connectivity index (χ0n) is 8.20. The highest BCUT2D eigenvalue weighted by Gasteiger charge is 2.18. The second-order valence-electron chi connectivity index (χ2n) is 2.88. The average molecular weight is 239 g/mol. The third-order valence-corrected chi connectivity index (χ3v) is 2.69. The van der Waals surface area contributed by atoms with Crippen LogP contribution in [0.5, 0.6) is 0 Å². The number of carbonyl (C=O) groups is 2. The van der Waals surface area contributed by atoms with Gasteiger partial charge < -0.3 is 5.11 Å². The van der Waals surface area contributed by atoms with Crippen molar-refractivity contribution in [3.05, 3.63) is 40.8 Å². The highest BCUT2D eigenvalue weighted by Crippen LogP contribution is 2.14. The van der Waals surface area contributed by atoms with Crippen molar-refractivity contribution in [2.45, 2.75) is 5.44 Å². The summed E-state index contributed by atoms with van der Waals surface area (Å²) in [5, 5.41) is 11.6. The normalized spacial score (nSPS) is 11.8. The van der Waals surface area contributed by atoms with Gasteiger partial charge in [0.15, 0.2) is 5.44 Å². The summed E-state index contributed by atoms with van der Waals surface area (Å²) in [7, 11) is 0. The molecule has 0 aliphatic heterocycles. The van der Waals surface area contributed by atoms with Crippen LogP contribution in [0.15, 0.2) is 35.5 Å². The van der Waals surface area contributed by atoms with Crippen molar-refractivity contribution < 1.29 is 14.7 Å².